The molecule has 0 spiro atoms. The first-order valence-corrected chi connectivity index (χ1v) is 10.8. The number of carbonyl (C=O) groups excluding carboxylic acids is 1. The quantitative estimate of drug-likeness (QED) is 0.806. The van der Waals surface area contributed by atoms with Gasteiger partial charge in [-0.2, -0.15) is 4.31 Å². The van der Waals surface area contributed by atoms with E-state index in [1.807, 2.05) is 6.07 Å². The molecule has 1 amide bonds. The van der Waals surface area contributed by atoms with E-state index in [4.69, 9.17) is 0 Å². The molecule has 0 atom stereocenters. The Morgan fingerprint density at radius 2 is 1.96 bits per heavy atom. The predicted octanol–water partition coefficient (Wildman–Crippen LogP) is 2.02. The van der Waals surface area contributed by atoms with Gasteiger partial charge in [-0.1, -0.05) is 12.1 Å². The summed E-state index contributed by atoms with van der Waals surface area (Å²) in [6.07, 6.45) is 5.73. The Hall–Kier alpha value is -2.19. The van der Waals surface area contributed by atoms with Crippen LogP contribution in [-0.4, -0.2) is 52.7 Å². The van der Waals surface area contributed by atoms with Crippen LogP contribution < -0.4 is 0 Å². The lowest BCUT2D eigenvalue weighted by Crippen LogP contribution is -2.34. The Kier molecular flexibility index (Phi) is 3.70. The van der Waals surface area contributed by atoms with Crippen LogP contribution >= 0.6 is 0 Å². The zero-order valence-electron chi connectivity index (χ0n) is 15.2. The highest BCUT2D eigenvalue weighted by molar-refractivity contribution is 7.89. The van der Waals surface area contributed by atoms with Crippen molar-refractivity contribution in [2.24, 2.45) is 5.92 Å². The third-order valence-electron chi connectivity index (χ3n) is 5.71. The molecule has 5 rings (SSSR count). The van der Waals surface area contributed by atoms with Crippen molar-refractivity contribution in [1.82, 2.24) is 18.8 Å². The number of hydrogen-bond donors (Lipinski definition) is 0. The highest BCUT2D eigenvalue weighted by Crippen LogP contribution is 2.36. The van der Waals surface area contributed by atoms with Crippen LogP contribution in [0.4, 0.5) is 0 Å². The second kappa shape index (κ2) is 5.90. The number of hydrogen-bond acceptors (Lipinski definition) is 4. The minimum atomic E-state index is -3.62. The summed E-state index contributed by atoms with van der Waals surface area (Å²) in [6.45, 7) is 0.668. The molecule has 0 bridgehead atoms. The molecule has 27 heavy (non-hydrogen) atoms. The number of amides is 1. The number of benzene rings is 1. The monoisotopic (exact) mass is 386 g/mol. The van der Waals surface area contributed by atoms with Gasteiger partial charge in [0.25, 0.3) is 5.91 Å². The third-order valence-corrected chi connectivity index (χ3v) is 7.57. The van der Waals surface area contributed by atoms with Crippen molar-refractivity contribution in [3.05, 3.63) is 42.0 Å². The highest BCUT2D eigenvalue weighted by atomic mass is 32.2. The Bertz CT molecular complexity index is 1020. The number of aromatic nitrogens is 2. The lowest BCUT2D eigenvalue weighted by Gasteiger charge is -2.21. The summed E-state index contributed by atoms with van der Waals surface area (Å²) in [5, 5.41) is 0. The number of nitrogens with zero attached hydrogens (tertiary/aromatic N) is 4. The molecule has 142 valence electrons. The maximum Gasteiger partial charge on any atom is 0.274 e. The van der Waals surface area contributed by atoms with E-state index in [2.05, 4.69) is 4.98 Å². The van der Waals surface area contributed by atoms with Gasteiger partial charge in [0, 0.05) is 19.6 Å². The van der Waals surface area contributed by atoms with Crippen LogP contribution in [-0.2, 0) is 16.6 Å². The maximum atomic E-state index is 13.3. The Labute approximate surface area is 158 Å². The van der Waals surface area contributed by atoms with Gasteiger partial charge in [0.05, 0.1) is 17.9 Å². The number of carbonyl (C=O) groups is 1. The predicted molar refractivity (Wildman–Crippen MR) is 99.0 cm³/mol. The van der Waals surface area contributed by atoms with Gasteiger partial charge < -0.3 is 4.90 Å². The first-order chi connectivity index (χ1) is 13.0. The minimum Gasteiger partial charge on any atom is -0.337 e. The van der Waals surface area contributed by atoms with Crippen LogP contribution in [0, 0.1) is 5.92 Å². The Morgan fingerprint density at radius 3 is 2.67 bits per heavy atom. The first kappa shape index (κ1) is 16.9. The molecule has 2 saturated carbocycles. The topological polar surface area (TPSA) is 75.5 Å². The summed E-state index contributed by atoms with van der Waals surface area (Å²) in [5.41, 5.74) is 1.57. The molecule has 2 heterocycles. The molecule has 8 heteroatoms. The van der Waals surface area contributed by atoms with E-state index in [0.717, 1.165) is 25.7 Å². The van der Waals surface area contributed by atoms with Gasteiger partial charge in [-0.3, -0.25) is 9.36 Å². The smallest absolute Gasteiger partial charge is 0.274 e. The summed E-state index contributed by atoms with van der Waals surface area (Å²) in [4.78, 5) is 19.4. The van der Waals surface area contributed by atoms with Gasteiger partial charge >= 0.3 is 0 Å². The maximum absolute atomic E-state index is 13.3. The zero-order valence-corrected chi connectivity index (χ0v) is 16.0. The molecule has 2 aliphatic carbocycles. The van der Waals surface area contributed by atoms with Crippen LogP contribution in [0.25, 0.3) is 5.69 Å². The van der Waals surface area contributed by atoms with Gasteiger partial charge in [-0.15, -0.1) is 0 Å². The molecule has 1 aromatic heterocycles. The van der Waals surface area contributed by atoms with Crippen LogP contribution in [0.3, 0.4) is 0 Å². The van der Waals surface area contributed by atoms with E-state index in [1.54, 1.807) is 41.0 Å². The van der Waals surface area contributed by atoms with Gasteiger partial charge in [0.1, 0.15) is 11.2 Å². The molecule has 1 aromatic carbocycles. The zero-order chi connectivity index (χ0) is 18.8. The van der Waals surface area contributed by atoms with Crippen molar-refractivity contribution in [2.45, 2.75) is 43.2 Å². The number of sulfonamides is 1. The van der Waals surface area contributed by atoms with Crippen molar-refractivity contribution < 1.29 is 13.2 Å². The van der Waals surface area contributed by atoms with E-state index in [-0.39, 0.29) is 23.4 Å². The fraction of sp³-hybridized carbons (Fsp3) is 0.474. The van der Waals surface area contributed by atoms with Gasteiger partial charge in [0.2, 0.25) is 10.0 Å². The van der Waals surface area contributed by atoms with E-state index in [0.29, 0.717) is 29.5 Å². The molecular formula is C19H22N4O3S. The van der Waals surface area contributed by atoms with Crippen LogP contribution in [0.1, 0.15) is 41.9 Å². The lowest BCUT2D eigenvalue weighted by molar-refractivity contribution is 0.0778. The molecular weight excluding hydrogens is 364 g/mol. The summed E-state index contributed by atoms with van der Waals surface area (Å²) in [5.74, 6) is 0.282. The normalized spacial score (nSPS) is 21.2. The Morgan fingerprint density at radius 1 is 1.22 bits per heavy atom. The van der Waals surface area contributed by atoms with E-state index in [9.17, 15) is 13.2 Å². The summed E-state index contributed by atoms with van der Waals surface area (Å²) in [7, 11) is -1.82. The average molecular weight is 386 g/mol. The third kappa shape index (κ3) is 2.78. The van der Waals surface area contributed by atoms with E-state index in [1.165, 1.54) is 4.31 Å². The average Bonchev–Trinajstić information content (AvgIpc) is 3.57. The molecule has 2 fully saturated rings. The number of para-hydroxylation sites is 1. The van der Waals surface area contributed by atoms with Gasteiger partial charge in [0.15, 0.2) is 5.69 Å². The van der Waals surface area contributed by atoms with Crippen molar-refractivity contribution >= 4 is 15.9 Å². The molecule has 0 unspecified atom stereocenters. The van der Waals surface area contributed by atoms with Gasteiger partial charge in [-0.05, 0) is 43.7 Å². The van der Waals surface area contributed by atoms with Crippen LogP contribution in [0.15, 0.2) is 35.5 Å². The fourth-order valence-electron chi connectivity index (χ4n) is 3.72. The molecule has 0 radical (unpaired) electrons. The largest absolute Gasteiger partial charge is 0.337 e. The lowest BCUT2D eigenvalue weighted by atomic mass is 10.2. The van der Waals surface area contributed by atoms with Crippen molar-refractivity contribution in [2.75, 3.05) is 13.6 Å². The van der Waals surface area contributed by atoms with E-state index >= 15 is 0 Å². The molecule has 0 N–H and O–H groups in total. The minimum absolute atomic E-state index is 0.130. The summed E-state index contributed by atoms with van der Waals surface area (Å²) in [6, 6.07) is 7.24. The number of imidazole rings is 1. The number of rotatable bonds is 4. The standard InChI is InChI=1S/C19H22N4O3S/c1-21(14-8-9-14)19(24)18-16-11-22(10-13-6-7-13)27(25,26)17-5-3-2-4-15(17)23(16)12-20-18/h2-5,12-14H,6-11H2,1H3. The fourth-order valence-corrected chi connectivity index (χ4v) is 5.38. The highest BCUT2D eigenvalue weighted by Gasteiger charge is 2.39. The molecule has 7 nitrogen and oxygen atoms in total. The second-order valence-electron chi connectivity index (χ2n) is 7.77. The molecule has 3 aliphatic rings. The van der Waals surface area contributed by atoms with Gasteiger partial charge in [-0.25, -0.2) is 13.4 Å². The molecule has 2 aromatic rings. The van der Waals surface area contributed by atoms with Crippen LogP contribution in [0.5, 0.6) is 0 Å². The SMILES string of the molecule is CN(C(=O)c1ncn2c1CN(CC1CC1)S(=O)(=O)c1ccccc1-2)C1CC1. The van der Waals surface area contributed by atoms with Crippen molar-refractivity contribution in [1.29, 1.82) is 0 Å². The summed E-state index contributed by atoms with van der Waals surface area (Å²) >= 11 is 0. The Balaban J connectivity index is 1.64. The van der Waals surface area contributed by atoms with Crippen LogP contribution in [0.2, 0.25) is 0 Å². The second-order valence-corrected chi connectivity index (χ2v) is 9.67. The first-order valence-electron chi connectivity index (χ1n) is 9.39. The van der Waals surface area contributed by atoms with E-state index < -0.39 is 10.0 Å². The molecule has 1 aliphatic heterocycles. The summed E-state index contributed by atoms with van der Waals surface area (Å²) < 4.78 is 29.9. The number of fused-ring (bicyclic) bond motifs is 3. The molecule has 0 saturated heterocycles. The van der Waals surface area contributed by atoms with Crippen molar-refractivity contribution in [3.8, 4) is 5.69 Å². The van der Waals surface area contributed by atoms with Crippen molar-refractivity contribution in [3.63, 3.8) is 0 Å².